The van der Waals surface area contributed by atoms with Crippen LogP contribution >= 0.6 is 0 Å². The summed E-state index contributed by atoms with van der Waals surface area (Å²) in [5.74, 6) is -0.552. The second kappa shape index (κ2) is 3.34. The van der Waals surface area contributed by atoms with Crippen molar-refractivity contribution in [3.8, 4) is 0 Å². The van der Waals surface area contributed by atoms with Gasteiger partial charge in [0, 0.05) is 5.57 Å². The highest BCUT2D eigenvalue weighted by molar-refractivity contribution is 7.87. The Morgan fingerprint density at radius 1 is 1.50 bits per heavy atom. The van der Waals surface area contributed by atoms with Crippen LogP contribution in [-0.2, 0) is 28.6 Å². The van der Waals surface area contributed by atoms with Crippen molar-refractivity contribution in [2.24, 2.45) is 0 Å². The summed E-state index contributed by atoms with van der Waals surface area (Å²) < 4.78 is 39.6. The van der Waals surface area contributed by atoms with Gasteiger partial charge in [-0.15, -0.1) is 0 Å². The third-order valence-electron chi connectivity index (χ3n) is 3.90. The van der Waals surface area contributed by atoms with Gasteiger partial charge in [-0.25, -0.2) is 4.79 Å². The maximum atomic E-state index is 11.8. The first kappa shape index (κ1) is 12.1. The second-order valence-corrected chi connectivity index (χ2v) is 6.97. The first-order valence-corrected chi connectivity index (χ1v) is 7.19. The molecule has 5 unspecified atom stereocenters. The van der Waals surface area contributed by atoms with Crippen molar-refractivity contribution in [3.63, 3.8) is 0 Å². The highest BCUT2D eigenvalue weighted by Crippen LogP contribution is 2.54. The van der Waals surface area contributed by atoms with E-state index in [1.165, 1.54) is 6.92 Å². The summed E-state index contributed by atoms with van der Waals surface area (Å²) in [7, 11) is -3.62. The van der Waals surface area contributed by atoms with Gasteiger partial charge in [0.25, 0.3) is 10.1 Å². The highest BCUT2D eigenvalue weighted by Gasteiger charge is 2.73. The molecule has 3 heterocycles. The van der Waals surface area contributed by atoms with E-state index in [0.717, 1.165) is 0 Å². The smallest absolute Gasteiger partial charge is 0.333 e. The number of esters is 1. The highest BCUT2D eigenvalue weighted by atomic mass is 32.2. The van der Waals surface area contributed by atoms with Gasteiger partial charge in [0.2, 0.25) is 0 Å². The lowest BCUT2D eigenvalue weighted by molar-refractivity contribution is -0.149. The van der Waals surface area contributed by atoms with Gasteiger partial charge in [0.15, 0.2) is 6.10 Å². The lowest BCUT2D eigenvalue weighted by Crippen LogP contribution is -2.48. The van der Waals surface area contributed by atoms with E-state index in [1.54, 1.807) is 6.92 Å². The molecule has 3 rings (SSSR count). The first-order valence-electron chi connectivity index (χ1n) is 5.72. The molecular formula is C11H14O6S. The fraction of sp³-hybridized carbons (Fsp3) is 0.727. The minimum atomic E-state index is -3.62. The minimum Gasteiger partial charge on any atom is -0.453 e. The van der Waals surface area contributed by atoms with Crippen molar-refractivity contribution < 1.29 is 26.9 Å². The van der Waals surface area contributed by atoms with Gasteiger partial charge in [0.05, 0.1) is 6.10 Å². The summed E-state index contributed by atoms with van der Waals surface area (Å²) in [6, 6.07) is 0. The van der Waals surface area contributed by atoms with Crippen molar-refractivity contribution >= 4 is 16.1 Å². The summed E-state index contributed by atoms with van der Waals surface area (Å²) >= 11 is 0. The number of hydrogen-bond donors (Lipinski definition) is 0. The molecule has 0 amide bonds. The van der Waals surface area contributed by atoms with E-state index in [-0.39, 0.29) is 5.57 Å². The van der Waals surface area contributed by atoms with E-state index in [0.29, 0.717) is 6.42 Å². The Labute approximate surface area is 105 Å². The Kier molecular flexibility index (Phi) is 2.25. The van der Waals surface area contributed by atoms with E-state index >= 15 is 0 Å². The number of fused-ring (bicyclic) bond motifs is 1. The lowest BCUT2D eigenvalue weighted by Gasteiger charge is -2.26. The lowest BCUT2D eigenvalue weighted by atomic mass is 9.85. The van der Waals surface area contributed by atoms with Crippen LogP contribution in [0.15, 0.2) is 12.2 Å². The molecule has 6 nitrogen and oxygen atoms in total. The Hall–Kier alpha value is -0.920. The zero-order valence-electron chi connectivity index (χ0n) is 10.1. The number of carbonyl (C=O) groups is 1. The molecule has 3 aliphatic heterocycles. The number of ether oxygens (including phenoxy) is 2. The third kappa shape index (κ3) is 1.35. The zero-order valence-corrected chi connectivity index (χ0v) is 10.9. The quantitative estimate of drug-likeness (QED) is 0.405. The van der Waals surface area contributed by atoms with E-state index in [4.69, 9.17) is 13.7 Å². The average molecular weight is 274 g/mol. The molecule has 2 bridgehead atoms. The van der Waals surface area contributed by atoms with Gasteiger partial charge in [-0.05, 0) is 20.3 Å². The number of carbonyl (C=O) groups excluding carboxylic acids is 1. The maximum absolute atomic E-state index is 11.8. The molecule has 5 atom stereocenters. The topological polar surface area (TPSA) is 78.9 Å². The van der Waals surface area contributed by atoms with Gasteiger partial charge in [-0.3, -0.25) is 4.18 Å². The molecule has 3 saturated heterocycles. The van der Waals surface area contributed by atoms with Crippen LogP contribution in [0.2, 0.25) is 0 Å². The zero-order chi connectivity index (χ0) is 13.3. The Bertz CT molecular complexity index is 538. The van der Waals surface area contributed by atoms with Crippen molar-refractivity contribution in [2.75, 3.05) is 0 Å². The molecule has 0 saturated carbocycles. The van der Waals surface area contributed by atoms with Gasteiger partial charge < -0.3 is 9.47 Å². The van der Waals surface area contributed by atoms with Crippen LogP contribution in [0.4, 0.5) is 0 Å². The van der Waals surface area contributed by atoms with Crippen LogP contribution < -0.4 is 0 Å². The first-order chi connectivity index (χ1) is 8.25. The van der Waals surface area contributed by atoms with E-state index < -0.39 is 45.3 Å². The van der Waals surface area contributed by atoms with Crippen LogP contribution in [-0.4, -0.2) is 43.5 Å². The molecule has 0 aromatic rings. The molecule has 0 aliphatic carbocycles. The largest absolute Gasteiger partial charge is 0.453 e. The Balaban J connectivity index is 1.90. The van der Waals surface area contributed by atoms with Gasteiger partial charge in [-0.2, -0.15) is 8.42 Å². The van der Waals surface area contributed by atoms with Crippen LogP contribution in [0.1, 0.15) is 20.3 Å². The summed E-state index contributed by atoms with van der Waals surface area (Å²) in [5.41, 5.74) is -0.635. The summed E-state index contributed by atoms with van der Waals surface area (Å²) in [4.78, 5) is 11.5. The Morgan fingerprint density at radius 2 is 2.17 bits per heavy atom. The van der Waals surface area contributed by atoms with Crippen molar-refractivity contribution in [1.29, 1.82) is 0 Å². The predicted molar refractivity (Wildman–Crippen MR) is 60.2 cm³/mol. The average Bonchev–Trinajstić information content (AvgIpc) is 2.74. The van der Waals surface area contributed by atoms with E-state index in [9.17, 15) is 13.2 Å². The monoisotopic (exact) mass is 274 g/mol. The van der Waals surface area contributed by atoms with Crippen molar-refractivity contribution in [3.05, 3.63) is 12.2 Å². The van der Waals surface area contributed by atoms with Crippen LogP contribution in [0.25, 0.3) is 0 Å². The standard InChI is InChI=1S/C11H14O6S/c1-5(2)10(12)15-8-6-4-7-11(3,16-6)9(8)17-18(7,13)14/h6-9H,1,4H2,2-3H3. The van der Waals surface area contributed by atoms with E-state index in [1.807, 2.05) is 0 Å². The normalized spacial score (nSPS) is 47.2. The molecule has 3 fully saturated rings. The molecule has 3 aliphatic rings. The van der Waals surface area contributed by atoms with Crippen LogP contribution in [0, 0.1) is 0 Å². The fourth-order valence-electron chi connectivity index (χ4n) is 3.00. The summed E-state index contributed by atoms with van der Waals surface area (Å²) in [6.07, 6.45) is -1.52. The SMILES string of the molecule is C=C(C)C(=O)OC1C2CC3C(C)(O2)C1OS3(=O)=O. The molecule has 7 heteroatoms. The van der Waals surface area contributed by atoms with Crippen LogP contribution in [0.5, 0.6) is 0 Å². The molecule has 18 heavy (non-hydrogen) atoms. The van der Waals surface area contributed by atoms with E-state index in [2.05, 4.69) is 6.58 Å². The van der Waals surface area contributed by atoms with Gasteiger partial charge in [-0.1, -0.05) is 6.58 Å². The number of rotatable bonds is 2. The molecule has 0 spiro atoms. The molecule has 100 valence electrons. The molecule has 0 aromatic heterocycles. The summed E-state index contributed by atoms with van der Waals surface area (Å²) in [6.45, 7) is 6.72. The molecule has 0 aromatic carbocycles. The number of hydrogen-bond acceptors (Lipinski definition) is 6. The minimum absolute atomic E-state index is 0.264. The van der Waals surface area contributed by atoms with Gasteiger partial charge in [0.1, 0.15) is 17.0 Å². The molecule has 0 N–H and O–H groups in total. The maximum Gasteiger partial charge on any atom is 0.333 e. The van der Waals surface area contributed by atoms with Gasteiger partial charge >= 0.3 is 5.97 Å². The third-order valence-corrected chi connectivity index (χ3v) is 5.73. The summed E-state index contributed by atoms with van der Waals surface area (Å²) in [5, 5.41) is -0.653. The van der Waals surface area contributed by atoms with Crippen molar-refractivity contribution in [2.45, 2.75) is 49.4 Å². The Morgan fingerprint density at radius 3 is 2.78 bits per heavy atom. The van der Waals surface area contributed by atoms with Crippen LogP contribution in [0.3, 0.4) is 0 Å². The molecule has 0 radical (unpaired) electrons. The predicted octanol–water partition coefficient (Wildman–Crippen LogP) is 0.133. The van der Waals surface area contributed by atoms with Crippen molar-refractivity contribution in [1.82, 2.24) is 0 Å². The fourth-order valence-corrected chi connectivity index (χ4v) is 4.91. The molecular weight excluding hydrogens is 260 g/mol. The second-order valence-electron chi connectivity index (χ2n) is 5.22.